The fourth-order valence-corrected chi connectivity index (χ4v) is 14.3. The van der Waals surface area contributed by atoms with E-state index in [4.69, 9.17) is 55.6 Å². The van der Waals surface area contributed by atoms with E-state index in [0.29, 0.717) is 52.9 Å². The average Bonchev–Trinajstić information content (AvgIpc) is 0.840. The zero-order valence-electron chi connectivity index (χ0n) is 70.6. The number of ether oxygens (including phenoxy) is 8. The number of rotatable bonds is 68. The third-order valence-corrected chi connectivity index (χ3v) is 21.5. The lowest BCUT2D eigenvalue weighted by molar-refractivity contribution is -0.0376. The second-order valence-corrected chi connectivity index (χ2v) is 31.5. The van der Waals surface area contributed by atoms with Crippen molar-refractivity contribution in [1.29, 1.82) is 0 Å². The molecule has 0 bridgehead atoms. The van der Waals surface area contributed by atoms with Crippen molar-refractivity contribution < 1.29 is 55.6 Å². The molecule has 0 aromatic heterocycles. The molecule has 0 spiro atoms. The van der Waals surface area contributed by atoms with Crippen molar-refractivity contribution in [3.8, 4) is 46.0 Å². The minimum Gasteiger partial charge on any atom is -0.494 e. The van der Waals surface area contributed by atoms with Crippen LogP contribution in [-0.2, 0) is 17.7 Å². The van der Waals surface area contributed by atoms with Crippen molar-refractivity contribution in [2.24, 2.45) is 40.9 Å². The van der Waals surface area contributed by atoms with Gasteiger partial charge in [-0.15, -0.1) is 0 Å². The molecule has 0 N–H and O–H groups in total. The van der Waals surface area contributed by atoms with Gasteiger partial charge in [-0.2, -0.15) is 40.9 Å². The fourth-order valence-electron chi connectivity index (χ4n) is 12.2. The highest BCUT2D eigenvalue weighted by atomic mass is 28.4. The molecule has 0 saturated heterocycles. The highest BCUT2D eigenvalue weighted by Crippen LogP contribution is 2.30. The fraction of sp³-hybridized carbons (Fsp3) is 0.500. The highest BCUT2D eigenvalue weighted by molar-refractivity contribution is 6.53. The van der Waals surface area contributed by atoms with E-state index in [1.54, 1.807) is 0 Å². The van der Waals surface area contributed by atoms with Crippen LogP contribution in [-0.4, -0.2) is 88.3 Å². The molecule has 21 heteroatoms. The molecule has 0 saturated carbocycles. The first-order valence-electron chi connectivity index (χ1n) is 43.9. The Hall–Kier alpha value is -9.38. The molecular weight excluding hydrogens is 1490 g/mol. The quantitative estimate of drug-likeness (QED) is 0.0198. The highest BCUT2D eigenvalue weighted by Gasteiger charge is 2.45. The third kappa shape index (κ3) is 42.0. The lowest BCUT2D eigenvalue weighted by atomic mass is 10.2. The number of azo groups is 4. The van der Waals surface area contributed by atoms with Gasteiger partial charge in [-0.05, 0) is 297 Å². The second kappa shape index (κ2) is 60.1. The molecule has 0 heterocycles. The van der Waals surface area contributed by atoms with Gasteiger partial charge >= 0.3 is 9.05 Å². The summed E-state index contributed by atoms with van der Waals surface area (Å²) in [7, 11) is -3.61. The van der Waals surface area contributed by atoms with E-state index in [9.17, 15) is 0 Å². The van der Waals surface area contributed by atoms with E-state index < -0.39 is 9.05 Å². The maximum atomic E-state index is 6.80. The SMILES string of the molecule is CCCCCCOc1ccc(N=Nc2ccc(OCCCCCCO[Si](OCCCCCCOc3ccc(N=Nc4ccc(OCCCCCC)cc4)cc3)(OCCCCCCOc3ccc(N=Nc4ccc(OCCCCCC)cc4)cc3)OCCCCCCOc3ccc(N=Nc4ccc(OCCCCCC)cc4)cc3)cc2)cc1. The molecule has 0 fully saturated rings. The summed E-state index contributed by atoms with van der Waals surface area (Å²) in [5.41, 5.74) is 6.09. The molecule has 0 aliphatic carbocycles. The largest absolute Gasteiger partial charge is 0.679 e. The Morgan fingerprint density at radius 3 is 0.402 bits per heavy atom. The summed E-state index contributed by atoms with van der Waals surface area (Å²) >= 11 is 0. The summed E-state index contributed by atoms with van der Waals surface area (Å²) in [4.78, 5) is 0. The van der Waals surface area contributed by atoms with E-state index >= 15 is 0 Å². The summed E-state index contributed by atoms with van der Waals surface area (Å²) in [5.74, 6) is 6.59. The van der Waals surface area contributed by atoms with Crippen molar-refractivity contribution in [1.82, 2.24) is 0 Å². The minimum absolute atomic E-state index is 0.457. The molecule has 0 atom stereocenters. The lowest BCUT2D eigenvalue weighted by Gasteiger charge is -2.28. The first-order valence-corrected chi connectivity index (χ1v) is 45.5. The molecule has 0 aliphatic rings. The van der Waals surface area contributed by atoms with E-state index in [1.165, 1.54) is 77.0 Å². The lowest BCUT2D eigenvalue weighted by Crippen LogP contribution is -2.50. The van der Waals surface area contributed by atoms with Gasteiger partial charge in [-0.1, -0.05) is 130 Å². The van der Waals surface area contributed by atoms with Crippen LogP contribution < -0.4 is 37.9 Å². The second-order valence-electron chi connectivity index (χ2n) is 29.3. The molecule has 632 valence electrons. The summed E-state index contributed by atoms with van der Waals surface area (Å²) in [6, 6.07) is 62.0. The molecule has 8 aromatic rings. The van der Waals surface area contributed by atoms with Crippen molar-refractivity contribution in [2.45, 2.75) is 233 Å². The normalized spacial score (nSPS) is 12.1. The molecule has 0 unspecified atom stereocenters. The smallest absolute Gasteiger partial charge is 0.494 e. The van der Waals surface area contributed by atoms with E-state index in [2.05, 4.69) is 68.6 Å². The predicted octanol–water partition coefficient (Wildman–Crippen LogP) is 29.5. The summed E-state index contributed by atoms with van der Waals surface area (Å²) in [6.07, 6.45) is 33.4. The minimum atomic E-state index is -3.61. The number of nitrogens with zero attached hydrogens (tertiary/aromatic N) is 8. The third-order valence-electron chi connectivity index (χ3n) is 19.2. The Balaban J connectivity index is 0.802. The van der Waals surface area contributed by atoms with E-state index in [1.807, 2.05) is 194 Å². The van der Waals surface area contributed by atoms with Crippen LogP contribution in [0.1, 0.15) is 233 Å². The van der Waals surface area contributed by atoms with Crippen molar-refractivity contribution in [3.05, 3.63) is 194 Å². The standard InChI is InChI=1S/C96H132N8O12Si/c1-5-9-13-25-69-105-89-53-37-81(38-54-89)97-101-85-45-61-93(62-46-85)109-73-29-17-21-33-77-113-117(114-78-34-22-18-30-74-110-94-63-47-86(48-64-94)102-98-82-39-55-90(56-40-82)106-70-26-14-10-6-2,115-79-35-23-19-31-75-111-95-65-49-87(50-66-95)103-99-83-41-57-91(58-42-83)107-71-27-15-11-7-3)116-80-36-24-20-32-76-112-96-67-51-88(52-68-96)104-100-84-43-59-92(60-44-84)108-72-28-16-12-8-4/h37-68H,5-36,69-80H2,1-4H3. The zero-order valence-corrected chi connectivity index (χ0v) is 71.6. The van der Waals surface area contributed by atoms with Gasteiger partial charge in [-0.25, -0.2) is 0 Å². The van der Waals surface area contributed by atoms with Crippen LogP contribution in [0.25, 0.3) is 0 Å². The number of hydrogen-bond donors (Lipinski definition) is 0. The summed E-state index contributed by atoms with van der Waals surface area (Å²) in [5, 5.41) is 35.5. The molecule has 0 radical (unpaired) electrons. The van der Waals surface area contributed by atoms with Crippen LogP contribution in [0.2, 0.25) is 0 Å². The van der Waals surface area contributed by atoms with Crippen molar-refractivity contribution in [2.75, 3.05) is 79.3 Å². The van der Waals surface area contributed by atoms with Gasteiger partial charge < -0.3 is 55.6 Å². The zero-order chi connectivity index (χ0) is 81.6. The van der Waals surface area contributed by atoms with Crippen molar-refractivity contribution >= 4 is 54.5 Å². The van der Waals surface area contributed by atoms with Gasteiger partial charge in [0, 0.05) is 26.4 Å². The van der Waals surface area contributed by atoms with Gasteiger partial charge in [0.05, 0.1) is 98.4 Å². The first kappa shape index (κ1) is 93.1. The summed E-state index contributed by atoms with van der Waals surface area (Å²) in [6.45, 7) is 16.0. The van der Waals surface area contributed by atoms with Gasteiger partial charge in [-0.3, -0.25) is 0 Å². The Kier molecular flexibility index (Phi) is 47.9. The van der Waals surface area contributed by atoms with Gasteiger partial charge in [0.15, 0.2) is 0 Å². The maximum Gasteiger partial charge on any atom is 0.679 e. The summed E-state index contributed by atoms with van der Waals surface area (Å²) < 4.78 is 75.4. The van der Waals surface area contributed by atoms with Crippen molar-refractivity contribution in [3.63, 3.8) is 0 Å². The van der Waals surface area contributed by atoms with Crippen LogP contribution in [0, 0.1) is 0 Å². The Morgan fingerprint density at radius 2 is 0.274 bits per heavy atom. The molecule has 0 aliphatic heterocycles. The predicted molar refractivity (Wildman–Crippen MR) is 472 cm³/mol. The van der Waals surface area contributed by atoms with Gasteiger partial charge in [0.1, 0.15) is 46.0 Å². The van der Waals surface area contributed by atoms with Crippen LogP contribution >= 0.6 is 0 Å². The molecule has 20 nitrogen and oxygen atoms in total. The van der Waals surface area contributed by atoms with Crippen LogP contribution in [0.15, 0.2) is 235 Å². The molecular formula is C96H132N8O12Si. The number of unbranched alkanes of at least 4 members (excludes halogenated alkanes) is 24. The molecule has 117 heavy (non-hydrogen) atoms. The monoisotopic (exact) mass is 1620 g/mol. The van der Waals surface area contributed by atoms with Crippen LogP contribution in [0.3, 0.4) is 0 Å². The topological polar surface area (TPSA) is 210 Å². The Labute approximate surface area is 699 Å². The number of benzene rings is 8. The van der Waals surface area contributed by atoms with Gasteiger partial charge in [0.25, 0.3) is 0 Å². The molecule has 8 aromatic carbocycles. The first-order chi connectivity index (χ1) is 57.8. The average molecular weight is 1620 g/mol. The Bertz CT molecular complexity index is 3400. The Morgan fingerprint density at radius 1 is 0.154 bits per heavy atom. The van der Waals surface area contributed by atoms with E-state index in [-0.39, 0.29) is 0 Å². The van der Waals surface area contributed by atoms with Gasteiger partial charge in [0.2, 0.25) is 0 Å². The maximum absolute atomic E-state index is 6.80. The van der Waals surface area contributed by atoms with Crippen LogP contribution in [0.4, 0.5) is 45.5 Å². The van der Waals surface area contributed by atoms with Crippen LogP contribution in [0.5, 0.6) is 46.0 Å². The molecule has 0 amide bonds. The molecule has 8 rings (SSSR count). The van der Waals surface area contributed by atoms with E-state index in [0.717, 1.165) is 246 Å². The number of hydrogen-bond acceptors (Lipinski definition) is 20.